The zero-order chi connectivity index (χ0) is 18.1. The first-order valence-electron chi connectivity index (χ1n) is 9.33. The summed E-state index contributed by atoms with van der Waals surface area (Å²) in [4.78, 5) is 16.2. The lowest BCUT2D eigenvalue weighted by Gasteiger charge is -2.35. The van der Waals surface area contributed by atoms with Crippen LogP contribution in [0.2, 0.25) is 0 Å². The minimum Gasteiger partial charge on any atom is -0.371 e. The fourth-order valence-corrected chi connectivity index (χ4v) is 5.31. The lowest BCUT2D eigenvalue weighted by Crippen LogP contribution is -2.46. The highest BCUT2D eigenvalue weighted by Gasteiger charge is 2.27. The molecule has 6 nitrogen and oxygen atoms in total. The molecule has 0 saturated carbocycles. The Hall–Kier alpha value is -1.86. The highest BCUT2D eigenvalue weighted by molar-refractivity contribution is 7.94. The summed E-state index contributed by atoms with van der Waals surface area (Å²) in [7, 11) is -3.00. The Morgan fingerprint density at radius 2 is 1.85 bits per heavy atom. The van der Waals surface area contributed by atoms with Gasteiger partial charge in [-0.05, 0) is 37.5 Å². The van der Waals surface area contributed by atoms with Crippen molar-refractivity contribution in [3.63, 3.8) is 0 Å². The van der Waals surface area contributed by atoms with Crippen LogP contribution in [-0.2, 0) is 14.6 Å². The molecule has 1 N–H and O–H groups in total. The average molecular weight is 375 g/mol. The zero-order valence-electron chi connectivity index (χ0n) is 14.8. The highest BCUT2D eigenvalue weighted by Crippen LogP contribution is 2.28. The number of piperidine rings is 1. The van der Waals surface area contributed by atoms with Crippen molar-refractivity contribution in [2.24, 2.45) is 0 Å². The first-order valence-corrected chi connectivity index (χ1v) is 11.0. The van der Waals surface area contributed by atoms with E-state index in [0.717, 1.165) is 50.3 Å². The van der Waals surface area contributed by atoms with Crippen molar-refractivity contribution in [3.8, 4) is 0 Å². The van der Waals surface area contributed by atoms with Crippen LogP contribution in [-0.4, -0.2) is 51.8 Å². The molecular weight excluding hydrogens is 350 g/mol. The summed E-state index contributed by atoms with van der Waals surface area (Å²) in [6, 6.07) is 8.54. The molecule has 140 valence electrons. The molecule has 2 fully saturated rings. The van der Waals surface area contributed by atoms with Crippen LogP contribution in [0.15, 0.2) is 35.7 Å². The number of nitrogens with one attached hydrogen (secondary N) is 1. The monoisotopic (exact) mass is 375 g/mol. The average Bonchev–Trinajstić information content (AvgIpc) is 3.20. The van der Waals surface area contributed by atoms with Crippen molar-refractivity contribution in [1.82, 2.24) is 5.32 Å². The van der Waals surface area contributed by atoms with Gasteiger partial charge in [-0.1, -0.05) is 12.1 Å². The van der Waals surface area contributed by atoms with E-state index in [-0.39, 0.29) is 17.7 Å². The van der Waals surface area contributed by atoms with E-state index in [9.17, 15) is 13.2 Å². The van der Waals surface area contributed by atoms with Crippen LogP contribution in [0.1, 0.15) is 25.7 Å². The van der Waals surface area contributed by atoms with Crippen LogP contribution in [0.3, 0.4) is 0 Å². The summed E-state index contributed by atoms with van der Waals surface area (Å²) >= 11 is 0. The summed E-state index contributed by atoms with van der Waals surface area (Å²) in [5, 5.41) is 4.79. The number of hydrogen-bond acceptors (Lipinski definition) is 5. The van der Waals surface area contributed by atoms with Crippen LogP contribution in [0, 0.1) is 0 Å². The van der Waals surface area contributed by atoms with Crippen molar-refractivity contribution in [3.05, 3.63) is 35.7 Å². The molecule has 3 heterocycles. The van der Waals surface area contributed by atoms with Crippen molar-refractivity contribution < 1.29 is 13.2 Å². The lowest BCUT2D eigenvalue weighted by molar-refractivity contribution is -0.117. The van der Waals surface area contributed by atoms with Gasteiger partial charge >= 0.3 is 0 Å². The van der Waals surface area contributed by atoms with E-state index >= 15 is 0 Å². The normalized spacial score (nSPS) is 26.0. The van der Waals surface area contributed by atoms with Gasteiger partial charge < -0.3 is 15.1 Å². The number of benzene rings is 1. The standard InChI is InChI=1S/C19H25N3O3S/c23-19-5-2-9-22(19)18-4-1-3-17(13-18)21-10-6-15(7-11-21)20-16-8-12-26(24,25)14-16/h1,3-4,8,12-13,15-16,20H,2,5-7,9-11,14H2. The van der Waals surface area contributed by atoms with Crippen molar-refractivity contribution >= 4 is 27.1 Å². The minimum absolute atomic E-state index is 0.0546. The van der Waals surface area contributed by atoms with Crippen LogP contribution in [0.5, 0.6) is 0 Å². The predicted molar refractivity (Wildman–Crippen MR) is 103 cm³/mol. The summed E-state index contributed by atoms with van der Waals surface area (Å²) in [5.74, 6) is 0.392. The number of amides is 1. The summed E-state index contributed by atoms with van der Waals surface area (Å²) in [6.45, 7) is 2.67. The summed E-state index contributed by atoms with van der Waals surface area (Å²) in [6.07, 6.45) is 5.31. The van der Waals surface area contributed by atoms with Gasteiger partial charge in [-0.2, -0.15) is 0 Å². The fraction of sp³-hybridized carbons (Fsp3) is 0.526. The van der Waals surface area contributed by atoms with Crippen LogP contribution in [0.25, 0.3) is 0 Å². The Morgan fingerprint density at radius 1 is 1.08 bits per heavy atom. The second kappa shape index (κ2) is 7.04. The van der Waals surface area contributed by atoms with Crippen LogP contribution >= 0.6 is 0 Å². The van der Waals surface area contributed by atoms with Crippen molar-refractivity contribution in [2.75, 3.05) is 35.2 Å². The van der Waals surface area contributed by atoms with E-state index in [1.54, 1.807) is 6.08 Å². The van der Waals surface area contributed by atoms with E-state index in [1.165, 1.54) is 5.41 Å². The molecule has 1 atom stereocenters. The molecule has 26 heavy (non-hydrogen) atoms. The van der Waals surface area contributed by atoms with Gasteiger partial charge in [0.15, 0.2) is 9.84 Å². The SMILES string of the molecule is O=C1CCCN1c1cccc(N2CCC(NC3C=CS(=O)(=O)C3)CC2)c1. The first-order chi connectivity index (χ1) is 12.5. The Balaban J connectivity index is 1.35. The van der Waals surface area contributed by atoms with Gasteiger partial charge in [-0.15, -0.1) is 0 Å². The third-order valence-corrected chi connectivity index (χ3v) is 6.85. The second-order valence-corrected chi connectivity index (χ2v) is 9.29. The molecule has 1 amide bonds. The molecule has 3 aliphatic heterocycles. The summed E-state index contributed by atoms with van der Waals surface area (Å²) < 4.78 is 23.0. The maximum absolute atomic E-state index is 12.0. The molecule has 0 bridgehead atoms. The highest BCUT2D eigenvalue weighted by atomic mass is 32.2. The number of sulfone groups is 1. The van der Waals surface area contributed by atoms with E-state index in [0.29, 0.717) is 12.5 Å². The van der Waals surface area contributed by atoms with E-state index in [2.05, 4.69) is 22.3 Å². The number of rotatable bonds is 4. The maximum Gasteiger partial charge on any atom is 0.227 e. The third kappa shape index (κ3) is 3.78. The molecule has 7 heteroatoms. The second-order valence-electron chi connectivity index (χ2n) is 7.36. The van der Waals surface area contributed by atoms with Gasteiger partial charge in [-0.25, -0.2) is 8.42 Å². The zero-order valence-corrected chi connectivity index (χ0v) is 15.6. The van der Waals surface area contributed by atoms with E-state index < -0.39 is 9.84 Å². The first kappa shape index (κ1) is 17.5. The van der Waals surface area contributed by atoms with Gasteiger partial charge in [0.2, 0.25) is 5.91 Å². The van der Waals surface area contributed by atoms with Gasteiger partial charge in [0.1, 0.15) is 0 Å². The molecule has 0 aliphatic carbocycles. The van der Waals surface area contributed by atoms with Crippen molar-refractivity contribution in [2.45, 2.75) is 37.8 Å². The molecule has 0 aromatic heterocycles. The Bertz CT molecular complexity index is 813. The maximum atomic E-state index is 12.0. The predicted octanol–water partition coefficient (Wildman–Crippen LogP) is 1.68. The quantitative estimate of drug-likeness (QED) is 0.867. The molecule has 3 aliphatic rings. The van der Waals surface area contributed by atoms with Crippen molar-refractivity contribution in [1.29, 1.82) is 0 Å². The third-order valence-electron chi connectivity index (χ3n) is 5.45. The molecule has 0 radical (unpaired) electrons. The Morgan fingerprint density at radius 3 is 2.50 bits per heavy atom. The lowest BCUT2D eigenvalue weighted by atomic mass is 10.0. The van der Waals surface area contributed by atoms with Gasteiger partial charge in [0.25, 0.3) is 0 Å². The molecule has 1 aromatic carbocycles. The Labute approximate surface area is 154 Å². The number of nitrogens with zero attached hydrogens (tertiary/aromatic N) is 2. The molecule has 1 aromatic rings. The fourth-order valence-electron chi connectivity index (χ4n) is 4.07. The topological polar surface area (TPSA) is 69.7 Å². The molecular formula is C19H25N3O3S. The van der Waals surface area contributed by atoms with Crippen LogP contribution < -0.4 is 15.1 Å². The summed E-state index contributed by atoms with van der Waals surface area (Å²) in [5.41, 5.74) is 2.15. The molecule has 2 saturated heterocycles. The number of anilines is 2. The van der Waals surface area contributed by atoms with Gasteiger partial charge in [-0.3, -0.25) is 4.79 Å². The van der Waals surface area contributed by atoms with Crippen LogP contribution in [0.4, 0.5) is 11.4 Å². The molecule has 4 rings (SSSR count). The van der Waals surface area contributed by atoms with E-state index in [1.807, 2.05) is 17.0 Å². The van der Waals surface area contributed by atoms with Gasteiger partial charge in [0.05, 0.1) is 5.75 Å². The minimum atomic E-state index is -3.00. The Kier molecular flexibility index (Phi) is 4.75. The smallest absolute Gasteiger partial charge is 0.227 e. The number of carbonyl (C=O) groups is 1. The molecule has 0 spiro atoms. The molecule has 1 unspecified atom stereocenters. The largest absolute Gasteiger partial charge is 0.371 e. The number of hydrogen-bond donors (Lipinski definition) is 1. The number of carbonyl (C=O) groups excluding carboxylic acids is 1. The van der Waals surface area contributed by atoms with Gasteiger partial charge in [0, 0.05) is 54.9 Å². The van der Waals surface area contributed by atoms with E-state index in [4.69, 9.17) is 0 Å².